The van der Waals surface area contributed by atoms with E-state index in [4.69, 9.17) is 23.2 Å². The molecule has 0 radical (unpaired) electrons. The van der Waals surface area contributed by atoms with Crippen LogP contribution < -0.4 is 10.2 Å². The number of amides is 1. The van der Waals surface area contributed by atoms with E-state index in [1.165, 1.54) is 0 Å². The lowest BCUT2D eigenvalue weighted by atomic mass is 10.2. The second kappa shape index (κ2) is 5.47. The molecule has 1 heterocycles. The van der Waals surface area contributed by atoms with Gasteiger partial charge in [0, 0.05) is 17.6 Å². The van der Waals surface area contributed by atoms with Gasteiger partial charge in [0.2, 0.25) is 5.91 Å². The Morgan fingerprint density at radius 2 is 2.11 bits per heavy atom. The number of nitrogens with one attached hydrogen (secondary N) is 1. The van der Waals surface area contributed by atoms with Crippen molar-refractivity contribution in [2.75, 3.05) is 11.4 Å². The topological polar surface area (TPSA) is 32.3 Å². The second-order valence-corrected chi connectivity index (χ2v) is 5.59. The molecule has 0 bridgehead atoms. The first-order valence-electron chi connectivity index (χ1n) is 6.01. The molecule has 1 aromatic carbocycles. The average molecular weight is 287 g/mol. The number of carbonyl (C=O) groups is 1. The Bertz CT molecular complexity index is 462. The van der Waals surface area contributed by atoms with E-state index in [2.05, 4.69) is 5.32 Å². The number of anilines is 1. The molecule has 1 aliphatic rings. The molecule has 0 spiro atoms. The van der Waals surface area contributed by atoms with Gasteiger partial charge in [-0.3, -0.25) is 4.79 Å². The van der Waals surface area contributed by atoms with Gasteiger partial charge in [-0.25, -0.2) is 0 Å². The smallest absolute Gasteiger partial charge is 0.244 e. The highest BCUT2D eigenvalue weighted by Gasteiger charge is 2.33. The number of rotatable bonds is 3. The summed E-state index contributed by atoms with van der Waals surface area (Å²) in [6.45, 7) is 4.75. The lowest BCUT2D eigenvalue weighted by Crippen LogP contribution is -2.41. The summed E-state index contributed by atoms with van der Waals surface area (Å²) in [5.74, 6) is 0.0768. The molecule has 0 saturated carbocycles. The lowest BCUT2D eigenvalue weighted by molar-refractivity contribution is -0.118. The van der Waals surface area contributed by atoms with Crippen LogP contribution in [0.2, 0.25) is 10.0 Å². The lowest BCUT2D eigenvalue weighted by Gasteiger charge is -2.19. The Labute approximate surface area is 117 Å². The molecule has 1 aromatic rings. The monoisotopic (exact) mass is 286 g/mol. The molecule has 2 rings (SSSR count). The Balaban J connectivity index is 2.18. The van der Waals surface area contributed by atoms with Crippen molar-refractivity contribution in [3.8, 4) is 0 Å². The summed E-state index contributed by atoms with van der Waals surface area (Å²) in [6, 6.07) is 5.38. The van der Waals surface area contributed by atoms with Gasteiger partial charge in [0.15, 0.2) is 0 Å². The quantitative estimate of drug-likeness (QED) is 0.926. The van der Waals surface area contributed by atoms with Gasteiger partial charge in [-0.15, -0.1) is 0 Å². The maximum atomic E-state index is 12.3. The molecule has 1 unspecified atom stereocenters. The van der Waals surface area contributed by atoms with E-state index in [9.17, 15) is 4.79 Å². The Hall–Kier alpha value is -0.770. The van der Waals surface area contributed by atoms with E-state index in [1.807, 2.05) is 13.8 Å². The fourth-order valence-electron chi connectivity index (χ4n) is 2.18. The minimum Gasteiger partial charge on any atom is -0.310 e. The summed E-state index contributed by atoms with van der Waals surface area (Å²) in [6.07, 6.45) is 0.802. The van der Waals surface area contributed by atoms with Crippen molar-refractivity contribution in [1.29, 1.82) is 0 Å². The zero-order chi connectivity index (χ0) is 13.3. The van der Waals surface area contributed by atoms with Gasteiger partial charge in [-0.2, -0.15) is 0 Å². The van der Waals surface area contributed by atoms with Crippen molar-refractivity contribution in [3.63, 3.8) is 0 Å². The molecule has 3 nitrogen and oxygen atoms in total. The van der Waals surface area contributed by atoms with Crippen LogP contribution in [0.25, 0.3) is 0 Å². The van der Waals surface area contributed by atoms with E-state index >= 15 is 0 Å². The first kappa shape index (κ1) is 13.7. The molecule has 1 fully saturated rings. The minimum absolute atomic E-state index is 0.0768. The summed E-state index contributed by atoms with van der Waals surface area (Å²) in [4.78, 5) is 14.0. The Morgan fingerprint density at radius 3 is 2.72 bits per heavy atom. The van der Waals surface area contributed by atoms with Gasteiger partial charge >= 0.3 is 0 Å². The SMILES string of the molecule is CC(C)NC1CCN(c2ccc(Cl)cc2Cl)C1=O. The first-order valence-corrected chi connectivity index (χ1v) is 6.77. The molecule has 98 valence electrons. The summed E-state index contributed by atoms with van der Waals surface area (Å²) in [5, 5.41) is 4.35. The number of carbonyl (C=O) groups excluding carboxylic acids is 1. The molecule has 1 N–H and O–H groups in total. The summed E-state index contributed by atoms with van der Waals surface area (Å²) in [5.41, 5.74) is 0.735. The second-order valence-electron chi connectivity index (χ2n) is 4.75. The van der Waals surface area contributed by atoms with Crippen LogP contribution >= 0.6 is 23.2 Å². The van der Waals surface area contributed by atoms with E-state index in [-0.39, 0.29) is 11.9 Å². The maximum absolute atomic E-state index is 12.3. The zero-order valence-corrected chi connectivity index (χ0v) is 11.9. The average Bonchev–Trinajstić information content (AvgIpc) is 2.60. The largest absolute Gasteiger partial charge is 0.310 e. The molecule has 1 amide bonds. The molecule has 1 atom stereocenters. The fraction of sp³-hybridized carbons (Fsp3) is 0.462. The highest BCUT2D eigenvalue weighted by atomic mass is 35.5. The van der Waals surface area contributed by atoms with Crippen LogP contribution in [0.1, 0.15) is 20.3 Å². The number of hydrogen-bond acceptors (Lipinski definition) is 2. The number of benzene rings is 1. The molecule has 5 heteroatoms. The third-order valence-electron chi connectivity index (χ3n) is 2.94. The van der Waals surface area contributed by atoms with Crippen molar-refractivity contribution in [1.82, 2.24) is 5.32 Å². The van der Waals surface area contributed by atoms with Gasteiger partial charge in [-0.1, -0.05) is 37.0 Å². The molecule has 1 saturated heterocycles. The van der Waals surface area contributed by atoms with Gasteiger partial charge in [-0.05, 0) is 24.6 Å². The van der Waals surface area contributed by atoms with Crippen molar-refractivity contribution in [3.05, 3.63) is 28.2 Å². The van der Waals surface area contributed by atoms with Crippen LogP contribution in [0.3, 0.4) is 0 Å². The summed E-state index contributed by atoms with van der Waals surface area (Å²) in [7, 11) is 0. The van der Waals surface area contributed by atoms with E-state index in [0.29, 0.717) is 22.6 Å². The van der Waals surface area contributed by atoms with Crippen molar-refractivity contribution in [2.45, 2.75) is 32.4 Å². The maximum Gasteiger partial charge on any atom is 0.244 e. The highest BCUT2D eigenvalue weighted by molar-refractivity contribution is 6.36. The summed E-state index contributed by atoms with van der Waals surface area (Å²) >= 11 is 12.0. The zero-order valence-electron chi connectivity index (χ0n) is 10.4. The van der Waals surface area contributed by atoms with Gasteiger partial charge in [0.25, 0.3) is 0 Å². The predicted molar refractivity (Wildman–Crippen MR) is 75.5 cm³/mol. The third kappa shape index (κ3) is 2.79. The minimum atomic E-state index is -0.114. The van der Waals surface area contributed by atoms with Crippen LogP contribution in [0.5, 0.6) is 0 Å². The molecule has 18 heavy (non-hydrogen) atoms. The fourth-order valence-corrected chi connectivity index (χ4v) is 2.69. The van der Waals surface area contributed by atoms with Crippen molar-refractivity contribution in [2.24, 2.45) is 0 Å². The highest BCUT2D eigenvalue weighted by Crippen LogP contribution is 2.31. The Kier molecular flexibility index (Phi) is 4.15. The molecule has 0 aromatic heterocycles. The molecular weight excluding hydrogens is 271 g/mol. The standard InChI is InChI=1S/C13H16Cl2N2O/c1-8(2)16-11-5-6-17(13(11)18)12-4-3-9(14)7-10(12)15/h3-4,7-8,11,16H,5-6H2,1-2H3. The predicted octanol–water partition coefficient (Wildman–Crippen LogP) is 3.10. The van der Waals surface area contributed by atoms with Gasteiger partial charge < -0.3 is 10.2 Å². The third-order valence-corrected chi connectivity index (χ3v) is 3.48. The number of hydrogen-bond donors (Lipinski definition) is 1. The van der Waals surface area contributed by atoms with Gasteiger partial charge in [0.05, 0.1) is 16.8 Å². The van der Waals surface area contributed by atoms with Crippen molar-refractivity contribution >= 4 is 34.8 Å². The van der Waals surface area contributed by atoms with Crippen LogP contribution in [-0.2, 0) is 4.79 Å². The van der Waals surface area contributed by atoms with Crippen LogP contribution in [0.4, 0.5) is 5.69 Å². The normalized spacial score (nSPS) is 19.9. The molecule has 1 aliphatic heterocycles. The van der Waals surface area contributed by atoms with E-state index in [1.54, 1.807) is 23.1 Å². The first-order chi connectivity index (χ1) is 8.49. The number of nitrogens with zero attached hydrogens (tertiary/aromatic N) is 1. The number of halogens is 2. The van der Waals surface area contributed by atoms with Crippen LogP contribution in [-0.4, -0.2) is 24.5 Å². The van der Waals surface area contributed by atoms with Gasteiger partial charge in [0.1, 0.15) is 0 Å². The molecule has 0 aliphatic carbocycles. The van der Waals surface area contributed by atoms with E-state index < -0.39 is 0 Å². The van der Waals surface area contributed by atoms with Crippen molar-refractivity contribution < 1.29 is 4.79 Å². The van der Waals surface area contributed by atoms with E-state index in [0.717, 1.165) is 12.1 Å². The summed E-state index contributed by atoms with van der Waals surface area (Å²) < 4.78 is 0. The van der Waals surface area contributed by atoms with Crippen LogP contribution in [0, 0.1) is 0 Å². The molecular formula is C13H16Cl2N2O. The van der Waals surface area contributed by atoms with Crippen LogP contribution in [0.15, 0.2) is 18.2 Å². The Morgan fingerprint density at radius 1 is 1.39 bits per heavy atom.